The number of hydrazone groups is 1. The van der Waals surface area contributed by atoms with Crippen LogP contribution < -0.4 is 10.2 Å². The van der Waals surface area contributed by atoms with Gasteiger partial charge in [-0.05, 0) is 48.4 Å². The van der Waals surface area contributed by atoms with Gasteiger partial charge in [0, 0.05) is 10.0 Å². The molecule has 120 valence electrons. The van der Waals surface area contributed by atoms with Crippen LogP contribution in [-0.2, 0) is 4.79 Å². The van der Waals surface area contributed by atoms with Crippen molar-refractivity contribution in [3.8, 4) is 5.75 Å². The van der Waals surface area contributed by atoms with Gasteiger partial charge in [-0.1, -0.05) is 42.3 Å². The van der Waals surface area contributed by atoms with Crippen LogP contribution in [-0.4, -0.2) is 18.2 Å². The number of halogens is 2. The first-order valence-electron chi connectivity index (χ1n) is 7.08. The number of carbonyl (C=O) groups is 1. The summed E-state index contributed by atoms with van der Waals surface area (Å²) in [6, 6.07) is 14.1. The van der Waals surface area contributed by atoms with Gasteiger partial charge in [-0.25, -0.2) is 5.43 Å². The van der Waals surface area contributed by atoms with E-state index in [0.717, 1.165) is 11.3 Å². The van der Waals surface area contributed by atoms with Gasteiger partial charge in [0.05, 0.1) is 5.71 Å². The van der Waals surface area contributed by atoms with Crippen LogP contribution >= 0.6 is 23.2 Å². The summed E-state index contributed by atoms with van der Waals surface area (Å²) in [6.07, 6.45) is 0.665. The zero-order chi connectivity index (χ0) is 16.7. The molecular weight excluding hydrogens is 335 g/mol. The van der Waals surface area contributed by atoms with Crippen LogP contribution in [0.15, 0.2) is 53.6 Å². The summed E-state index contributed by atoms with van der Waals surface area (Å²) >= 11 is 11.7. The second kappa shape index (κ2) is 8.56. The first kappa shape index (κ1) is 17.3. The van der Waals surface area contributed by atoms with Crippen LogP contribution in [0.1, 0.15) is 18.9 Å². The second-order valence-corrected chi connectivity index (χ2v) is 5.57. The van der Waals surface area contributed by atoms with Gasteiger partial charge in [0.25, 0.3) is 5.91 Å². The van der Waals surface area contributed by atoms with Gasteiger partial charge < -0.3 is 4.74 Å². The summed E-state index contributed by atoms with van der Waals surface area (Å²) in [5.74, 6) is 0.229. The molecule has 0 aliphatic rings. The molecule has 0 radical (unpaired) electrons. The molecular formula is C17H16Cl2N2O2. The number of ether oxygens (including phenoxy) is 1. The van der Waals surface area contributed by atoms with Crippen molar-refractivity contribution in [2.24, 2.45) is 5.10 Å². The first-order valence-corrected chi connectivity index (χ1v) is 7.83. The molecule has 0 saturated heterocycles. The van der Waals surface area contributed by atoms with E-state index in [9.17, 15) is 4.79 Å². The summed E-state index contributed by atoms with van der Waals surface area (Å²) in [5.41, 5.74) is 4.11. The largest absolute Gasteiger partial charge is 0.484 e. The maximum Gasteiger partial charge on any atom is 0.277 e. The summed E-state index contributed by atoms with van der Waals surface area (Å²) in [7, 11) is 0. The van der Waals surface area contributed by atoms with Crippen molar-refractivity contribution in [2.75, 3.05) is 6.61 Å². The third kappa shape index (κ3) is 5.58. The van der Waals surface area contributed by atoms with Crippen molar-refractivity contribution < 1.29 is 9.53 Å². The van der Waals surface area contributed by atoms with Crippen molar-refractivity contribution in [3.05, 3.63) is 64.1 Å². The number of nitrogens with one attached hydrogen (secondary N) is 1. The van der Waals surface area contributed by atoms with Gasteiger partial charge in [0.15, 0.2) is 6.61 Å². The maximum absolute atomic E-state index is 11.8. The van der Waals surface area contributed by atoms with E-state index in [-0.39, 0.29) is 12.5 Å². The normalized spacial score (nSPS) is 11.2. The van der Waals surface area contributed by atoms with Gasteiger partial charge in [-0.15, -0.1) is 0 Å². The van der Waals surface area contributed by atoms with Gasteiger partial charge in [-0.2, -0.15) is 5.10 Å². The number of nitrogens with zero attached hydrogens (tertiary/aromatic N) is 1. The average molecular weight is 351 g/mol. The number of hydrogen-bond acceptors (Lipinski definition) is 3. The Morgan fingerprint density at radius 3 is 2.52 bits per heavy atom. The highest BCUT2D eigenvalue weighted by molar-refractivity contribution is 6.31. The number of carbonyl (C=O) groups excluding carboxylic acids is 1. The minimum Gasteiger partial charge on any atom is -0.484 e. The molecule has 0 saturated carbocycles. The lowest BCUT2D eigenvalue weighted by Gasteiger charge is -2.07. The maximum atomic E-state index is 11.8. The Morgan fingerprint density at radius 1 is 1.13 bits per heavy atom. The minimum absolute atomic E-state index is 0.127. The molecule has 0 spiro atoms. The lowest BCUT2D eigenvalue weighted by molar-refractivity contribution is -0.123. The zero-order valence-corrected chi connectivity index (χ0v) is 14.1. The molecule has 2 rings (SSSR count). The molecule has 23 heavy (non-hydrogen) atoms. The minimum atomic E-state index is -0.340. The molecule has 0 heterocycles. The fraction of sp³-hybridized carbons (Fsp3) is 0.176. The Bertz CT molecular complexity index is 700. The van der Waals surface area contributed by atoms with Crippen molar-refractivity contribution in [1.82, 2.24) is 5.43 Å². The Labute approximate surface area is 145 Å². The van der Waals surface area contributed by atoms with E-state index in [1.807, 2.05) is 19.1 Å². The van der Waals surface area contributed by atoms with E-state index in [0.29, 0.717) is 22.2 Å². The zero-order valence-electron chi connectivity index (χ0n) is 12.6. The van der Waals surface area contributed by atoms with E-state index in [2.05, 4.69) is 10.5 Å². The second-order valence-electron chi connectivity index (χ2n) is 4.70. The Kier molecular flexibility index (Phi) is 6.44. The van der Waals surface area contributed by atoms with Crippen LogP contribution in [0, 0.1) is 0 Å². The summed E-state index contributed by atoms with van der Waals surface area (Å²) in [4.78, 5) is 11.8. The highest BCUT2D eigenvalue weighted by atomic mass is 35.5. The van der Waals surface area contributed by atoms with Crippen LogP contribution in [0.25, 0.3) is 0 Å². The number of hydrogen-bond donors (Lipinski definition) is 1. The van der Waals surface area contributed by atoms with Gasteiger partial charge in [0.1, 0.15) is 5.75 Å². The molecule has 2 aromatic carbocycles. The van der Waals surface area contributed by atoms with Crippen LogP contribution in [0.2, 0.25) is 10.0 Å². The van der Waals surface area contributed by atoms with E-state index in [1.54, 1.807) is 36.4 Å². The van der Waals surface area contributed by atoms with Gasteiger partial charge >= 0.3 is 0 Å². The summed E-state index contributed by atoms with van der Waals surface area (Å²) in [6.45, 7) is 1.83. The third-order valence-electron chi connectivity index (χ3n) is 2.99. The van der Waals surface area contributed by atoms with Gasteiger partial charge in [0.2, 0.25) is 0 Å². The Morgan fingerprint density at radius 2 is 1.87 bits per heavy atom. The quantitative estimate of drug-likeness (QED) is 0.623. The predicted molar refractivity (Wildman–Crippen MR) is 93.4 cm³/mol. The monoisotopic (exact) mass is 350 g/mol. The molecule has 1 amide bonds. The Hall–Kier alpha value is -2.04. The van der Waals surface area contributed by atoms with E-state index < -0.39 is 0 Å². The van der Waals surface area contributed by atoms with Crippen molar-refractivity contribution in [2.45, 2.75) is 13.3 Å². The number of rotatable bonds is 6. The summed E-state index contributed by atoms with van der Waals surface area (Å²) in [5, 5.41) is 5.37. The van der Waals surface area contributed by atoms with E-state index in [1.165, 1.54) is 0 Å². The molecule has 6 heteroatoms. The fourth-order valence-corrected chi connectivity index (χ4v) is 2.17. The van der Waals surface area contributed by atoms with Crippen LogP contribution in [0.5, 0.6) is 5.75 Å². The van der Waals surface area contributed by atoms with Gasteiger partial charge in [-0.3, -0.25) is 4.79 Å². The molecule has 0 fully saturated rings. The predicted octanol–water partition coefficient (Wildman–Crippen LogP) is 4.30. The molecule has 1 N–H and O–H groups in total. The first-order chi connectivity index (χ1) is 11.1. The SMILES string of the molecule is CC/C(=N/NC(=O)COc1ccc(Cl)cc1)c1cccc(Cl)c1. The molecule has 2 aromatic rings. The van der Waals surface area contributed by atoms with E-state index in [4.69, 9.17) is 27.9 Å². The molecule has 0 aliphatic carbocycles. The van der Waals surface area contributed by atoms with Crippen LogP contribution in [0.3, 0.4) is 0 Å². The fourth-order valence-electron chi connectivity index (χ4n) is 1.86. The average Bonchev–Trinajstić information content (AvgIpc) is 2.55. The molecule has 0 bridgehead atoms. The highest BCUT2D eigenvalue weighted by Crippen LogP contribution is 2.15. The highest BCUT2D eigenvalue weighted by Gasteiger charge is 2.05. The smallest absolute Gasteiger partial charge is 0.277 e. The topological polar surface area (TPSA) is 50.7 Å². The lowest BCUT2D eigenvalue weighted by atomic mass is 10.1. The number of benzene rings is 2. The van der Waals surface area contributed by atoms with Crippen molar-refractivity contribution in [3.63, 3.8) is 0 Å². The third-order valence-corrected chi connectivity index (χ3v) is 3.48. The molecule has 0 aliphatic heterocycles. The molecule has 0 aromatic heterocycles. The molecule has 4 nitrogen and oxygen atoms in total. The Balaban J connectivity index is 1.92. The lowest BCUT2D eigenvalue weighted by Crippen LogP contribution is -2.26. The summed E-state index contributed by atoms with van der Waals surface area (Å²) < 4.78 is 5.35. The van der Waals surface area contributed by atoms with Crippen molar-refractivity contribution >= 4 is 34.8 Å². The standard InChI is InChI=1S/C17H16Cl2N2O2/c1-2-16(12-4-3-5-14(19)10-12)20-21-17(22)11-23-15-8-6-13(18)7-9-15/h3-10H,2,11H2,1H3,(H,21,22)/b20-16-. The van der Waals surface area contributed by atoms with Crippen molar-refractivity contribution in [1.29, 1.82) is 0 Å². The van der Waals surface area contributed by atoms with E-state index >= 15 is 0 Å². The molecule has 0 atom stereocenters. The number of amides is 1. The molecule has 0 unspecified atom stereocenters. The van der Waals surface area contributed by atoms with Crippen LogP contribution in [0.4, 0.5) is 0 Å².